The maximum Gasteiger partial charge on any atom is 0.226 e. The van der Waals surface area contributed by atoms with Crippen LogP contribution < -0.4 is 5.32 Å². The lowest BCUT2D eigenvalue weighted by Crippen LogP contribution is -2.39. The molecular formula is C18H24N2O. The molecule has 1 N–H and O–H groups in total. The zero-order valence-electron chi connectivity index (χ0n) is 12.7. The number of nitrogens with zero attached hydrogens (tertiary/aromatic N) is 1. The van der Waals surface area contributed by atoms with Gasteiger partial charge in [0.1, 0.15) is 0 Å². The molecule has 1 saturated heterocycles. The van der Waals surface area contributed by atoms with Gasteiger partial charge in [-0.05, 0) is 55.2 Å². The minimum Gasteiger partial charge on any atom is -0.344 e. The van der Waals surface area contributed by atoms with Crippen LogP contribution in [0.1, 0.15) is 36.3 Å². The van der Waals surface area contributed by atoms with E-state index in [9.17, 15) is 4.79 Å². The third-order valence-electron chi connectivity index (χ3n) is 5.65. The number of hydrogen-bond donors (Lipinski definition) is 1. The first-order chi connectivity index (χ1) is 10.3. The molecule has 1 aromatic rings. The Labute approximate surface area is 126 Å². The third-order valence-corrected chi connectivity index (χ3v) is 5.65. The summed E-state index contributed by atoms with van der Waals surface area (Å²) in [7, 11) is 1.98. The number of rotatable bonds is 3. The van der Waals surface area contributed by atoms with Crippen LogP contribution in [0.25, 0.3) is 0 Å². The molecule has 4 atom stereocenters. The molecule has 1 heterocycles. The van der Waals surface area contributed by atoms with Gasteiger partial charge < -0.3 is 10.2 Å². The number of amides is 1. The van der Waals surface area contributed by atoms with Crippen molar-refractivity contribution in [2.75, 3.05) is 20.1 Å². The molecule has 3 nitrogen and oxygen atoms in total. The average molecular weight is 284 g/mol. The van der Waals surface area contributed by atoms with Crippen LogP contribution in [0.5, 0.6) is 0 Å². The molecular weight excluding hydrogens is 260 g/mol. The molecule has 112 valence electrons. The quantitative estimate of drug-likeness (QED) is 0.922. The molecule has 2 aliphatic carbocycles. The predicted octanol–water partition coefficient (Wildman–Crippen LogP) is 2.17. The van der Waals surface area contributed by atoms with Crippen molar-refractivity contribution in [2.45, 2.75) is 37.6 Å². The molecule has 1 aromatic carbocycles. The van der Waals surface area contributed by atoms with E-state index >= 15 is 0 Å². The molecule has 1 saturated carbocycles. The lowest BCUT2D eigenvalue weighted by molar-refractivity contribution is -0.132. The van der Waals surface area contributed by atoms with Crippen molar-refractivity contribution in [3.8, 4) is 0 Å². The van der Waals surface area contributed by atoms with Crippen molar-refractivity contribution in [1.29, 1.82) is 0 Å². The zero-order valence-corrected chi connectivity index (χ0v) is 12.7. The number of fused-ring (bicyclic) bond motifs is 3. The first-order valence-electron chi connectivity index (χ1n) is 8.32. The summed E-state index contributed by atoms with van der Waals surface area (Å²) in [5, 5.41) is 3.49. The van der Waals surface area contributed by atoms with Gasteiger partial charge in [-0.2, -0.15) is 0 Å². The van der Waals surface area contributed by atoms with E-state index in [0.717, 1.165) is 19.5 Å². The lowest BCUT2D eigenvalue weighted by atomic mass is 9.92. The number of nitrogens with one attached hydrogen (secondary N) is 1. The van der Waals surface area contributed by atoms with Gasteiger partial charge in [0.2, 0.25) is 5.91 Å². The van der Waals surface area contributed by atoms with E-state index in [1.54, 1.807) is 0 Å². The standard InChI is InChI=1S/C18H24N2O/c1-20(11-13-6-4-10-19-13)18(21)17-15-9-8-12-5-2-3-7-14(12)16(15)17/h2-3,5,7,13,15-17,19H,4,6,8-11H2,1H3. The monoisotopic (exact) mass is 284 g/mol. The highest BCUT2D eigenvalue weighted by Crippen LogP contribution is 2.60. The SMILES string of the molecule is CN(CC1CCCN1)C(=O)C1C2CCc3ccccc3C21. The highest BCUT2D eigenvalue weighted by Gasteiger charge is 2.57. The predicted molar refractivity (Wildman–Crippen MR) is 83.1 cm³/mol. The van der Waals surface area contributed by atoms with E-state index in [-0.39, 0.29) is 5.92 Å². The van der Waals surface area contributed by atoms with Crippen molar-refractivity contribution in [3.63, 3.8) is 0 Å². The lowest BCUT2D eigenvalue weighted by Gasteiger charge is -2.21. The minimum atomic E-state index is 0.250. The number of benzene rings is 1. The van der Waals surface area contributed by atoms with Crippen LogP contribution in [0.3, 0.4) is 0 Å². The molecule has 3 heteroatoms. The van der Waals surface area contributed by atoms with Gasteiger partial charge in [-0.3, -0.25) is 4.79 Å². The molecule has 0 aromatic heterocycles. The van der Waals surface area contributed by atoms with Gasteiger partial charge in [0.25, 0.3) is 0 Å². The van der Waals surface area contributed by atoms with Crippen molar-refractivity contribution in [2.24, 2.45) is 11.8 Å². The van der Waals surface area contributed by atoms with Crippen molar-refractivity contribution in [1.82, 2.24) is 10.2 Å². The van der Waals surface area contributed by atoms with E-state index < -0.39 is 0 Å². The summed E-state index contributed by atoms with van der Waals surface area (Å²) in [6.45, 7) is 1.98. The summed E-state index contributed by atoms with van der Waals surface area (Å²) in [6, 6.07) is 9.21. The van der Waals surface area contributed by atoms with E-state index in [0.29, 0.717) is 23.8 Å². The Kier molecular flexibility index (Phi) is 3.26. The zero-order chi connectivity index (χ0) is 14.4. The second-order valence-corrected chi connectivity index (χ2v) is 6.96. The molecule has 1 amide bonds. The number of carbonyl (C=O) groups is 1. The second kappa shape index (κ2) is 5.13. The summed E-state index contributed by atoms with van der Waals surface area (Å²) in [6.07, 6.45) is 4.79. The molecule has 0 radical (unpaired) electrons. The molecule has 4 rings (SSSR count). The maximum atomic E-state index is 12.8. The summed E-state index contributed by atoms with van der Waals surface area (Å²) in [4.78, 5) is 14.7. The first kappa shape index (κ1) is 13.3. The Balaban J connectivity index is 1.45. The molecule has 0 spiro atoms. The van der Waals surface area contributed by atoms with Crippen LogP contribution in [-0.2, 0) is 11.2 Å². The fourth-order valence-corrected chi connectivity index (χ4v) is 4.49. The molecule has 2 fully saturated rings. The van der Waals surface area contributed by atoms with E-state index in [1.165, 1.54) is 30.4 Å². The average Bonchev–Trinajstić information content (AvgIpc) is 3.04. The van der Waals surface area contributed by atoms with E-state index in [2.05, 4.69) is 29.6 Å². The Morgan fingerprint density at radius 1 is 1.33 bits per heavy atom. The Bertz CT molecular complexity index is 550. The number of hydrogen-bond acceptors (Lipinski definition) is 2. The Hall–Kier alpha value is -1.35. The number of carbonyl (C=O) groups excluding carboxylic acids is 1. The van der Waals surface area contributed by atoms with Crippen LogP contribution in [0.2, 0.25) is 0 Å². The van der Waals surface area contributed by atoms with Crippen LogP contribution in [0.4, 0.5) is 0 Å². The fraction of sp³-hybridized carbons (Fsp3) is 0.611. The van der Waals surface area contributed by atoms with E-state index in [1.807, 2.05) is 11.9 Å². The highest BCUT2D eigenvalue weighted by atomic mass is 16.2. The molecule has 1 aliphatic heterocycles. The molecule has 0 bridgehead atoms. The largest absolute Gasteiger partial charge is 0.344 e. The number of aryl methyl sites for hydroxylation is 1. The molecule has 3 aliphatic rings. The van der Waals surface area contributed by atoms with Gasteiger partial charge >= 0.3 is 0 Å². The van der Waals surface area contributed by atoms with Crippen LogP contribution in [0.15, 0.2) is 24.3 Å². The van der Waals surface area contributed by atoms with Crippen LogP contribution in [-0.4, -0.2) is 37.0 Å². The van der Waals surface area contributed by atoms with Crippen molar-refractivity contribution >= 4 is 5.91 Å². The van der Waals surface area contributed by atoms with Crippen LogP contribution in [0, 0.1) is 11.8 Å². The Morgan fingerprint density at radius 2 is 2.19 bits per heavy atom. The minimum absolute atomic E-state index is 0.250. The van der Waals surface area contributed by atoms with Gasteiger partial charge in [-0.1, -0.05) is 24.3 Å². The summed E-state index contributed by atoms with van der Waals surface area (Å²) in [5.74, 6) is 1.73. The van der Waals surface area contributed by atoms with Crippen LogP contribution >= 0.6 is 0 Å². The third kappa shape index (κ3) is 2.28. The molecule has 4 unspecified atom stereocenters. The highest BCUT2D eigenvalue weighted by molar-refractivity contribution is 5.84. The molecule has 21 heavy (non-hydrogen) atoms. The first-order valence-corrected chi connectivity index (χ1v) is 8.32. The summed E-state index contributed by atoms with van der Waals surface area (Å²) >= 11 is 0. The van der Waals surface area contributed by atoms with Crippen molar-refractivity contribution < 1.29 is 4.79 Å². The Morgan fingerprint density at radius 3 is 3.00 bits per heavy atom. The number of likely N-dealkylation sites (N-methyl/N-ethyl adjacent to an activating group) is 1. The summed E-state index contributed by atoms with van der Waals surface area (Å²) in [5.41, 5.74) is 2.91. The van der Waals surface area contributed by atoms with Gasteiger partial charge in [-0.15, -0.1) is 0 Å². The normalized spacial score (nSPS) is 33.2. The van der Waals surface area contributed by atoms with E-state index in [4.69, 9.17) is 0 Å². The summed E-state index contributed by atoms with van der Waals surface area (Å²) < 4.78 is 0. The van der Waals surface area contributed by atoms with Gasteiger partial charge in [0, 0.05) is 25.6 Å². The smallest absolute Gasteiger partial charge is 0.226 e. The fourth-order valence-electron chi connectivity index (χ4n) is 4.49. The van der Waals surface area contributed by atoms with Gasteiger partial charge in [0.05, 0.1) is 0 Å². The van der Waals surface area contributed by atoms with Gasteiger partial charge in [0.15, 0.2) is 0 Å². The van der Waals surface area contributed by atoms with Crippen molar-refractivity contribution in [3.05, 3.63) is 35.4 Å². The second-order valence-electron chi connectivity index (χ2n) is 6.96. The van der Waals surface area contributed by atoms with Gasteiger partial charge in [-0.25, -0.2) is 0 Å². The topological polar surface area (TPSA) is 32.3 Å². The maximum absolute atomic E-state index is 12.8.